The van der Waals surface area contributed by atoms with Gasteiger partial charge in [0.2, 0.25) is 5.75 Å². The monoisotopic (exact) mass is 400 g/mol. The maximum Gasteiger partial charge on any atom is 0.256 e. The van der Waals surface area contributed by atoms with Crippen molar-refractivity contribution in [1.82, 2.24) is 0 Å². The molecule has 3 aromatic rings. The van der Waals surface area contributed by atoms with Crippen molar-refractivity contribution in [3.8, 4) is 22.8 Å². The zero-order valence-electron chi connectivity index (χ0n) is 19.4. The molecule has 0 unspecified atom stereocenters. The van der Waals surface area contributed by atoms with Gasteiger partial charge in [0.15, 0.2) is 6.20 Å². The minimum atomic E-state index is 0.247. The predicted molar refractivity (Wildman–Crippen MR) is 124 cm³/mol. The number of hydrogen-bond acceptors (Lipinski definition) is 1. The first-order valence-corrected chi connectivity index (χ1v) is 11.5. The molecule has 2 heterocycles. The fourth-order valence-corrected chi connectivity index (χ4v) is 5.60. The molecule has 0 radical (unpaired) electrons. The van der Waals surface area contributed by atoms with Crippen LogP contribution in [0.3, 0.4) is 0 Å². The number of rotatable bonds is 2. The van der Waals surface area contributed by atoms with Crippen LogP contribution in [0.1, 0.15) is 74.6 Å². The number of aryl methyl sites for hydroxylation is 2. The molecule has 1 aliphatic carbocycles. The van der Waals surface area contributed by atoms with Gasteiger partial charge in [0, 0.05) is 17.0 Å². The van der Waals surface area contributed by atoms with Crippen molar-refractivity contribution in [2.24, 2.45) is 12.5 Å². The lowest BCUT2D eigenvalue weighted by Crippen LogP contribution is -2.33. The Hall–Kier alpha value is -2.35. The highest BCUT2D eigenvalue weighted by atomic mass is 16.5. The molecule has 0 amide bonds. The van der Waals surface area contributed by atoms with E-state index in [1.54, 1.807) is 0 Å². The standard InChI is InChI=1S/C28H34NO/c1-17-13-21-14-19(16-28(3,4)5)15-23-25(21)24(18(17)2)26-27(30-23)22(11-12-29(26)6)20-9-7-8-10-20/h11-15,20H,7-10,16H2,1-6H3/q+1. The third kappa shape index (κ3) is 3.12. The summed E-state index contributed by atoms with van der Waals surface area (Å²) in [6.07, 6.45) is 8.52. The van der Waals surface area contributed by atoms with Crippen molar-refractivity contribution in [2.45, 2.75) is 72.6 Å². The van der Waals surface area contributed by atoms with Gasteiger partial charge < -0.3 is 4.74 Å². The molecular formula is C28H34NO+. The summed E-state index contributed by atoms with van der Waals surface area (Å²) >= 11 is 0. The van der Waals surface area contributed by atoms with E-state index in [4.69, 9.17) is 4.74 Å². The highest BCUT2D eigenvalue weighted by Crippen LogP contribution is 2.51. The molecule has 1 aliphatic heterocycles. The average Bonchev–Trinajstić information content (AvgIpc) is 3.18. The topological polar surface area (TPSA) is 13.1 Å². The number of fused-ring (bicyclic) bond motifs is 2. The predicted octanol–water partition coefficient (Wildman–Crippen LogP) is 7.30. The molecule has 0 bridgehead atoms. The Balaban J connectivity index is 1.81. The highest BCUT2D eigenvalue weighted by molar-refractivity contribution is 6.05. The van der Waals surface area contributed by atoms with E-state index in [2.05, 4.69) is 76.7 Å². The van der Waals surface area contributed by atoms with Gasteiger partial charge in [0.1, 0.15) is 12.8 Å². The van der Waals surface area contributed by atoms with E-state index in [9.17, 15) is 0 Å². The summed E-state index contributed by atoms with van der Waals surface area (Å²) in [7, 11) is 2.16. The first-order chi connectivity index (χ1) is 14.2. The molecule has 1 saturated carbocycles. The summed E-state index contributed by atoms with van der Waals surface area (Å²) in [6, 6.07) is 9.34. The third-order valence-electron chi connectivity index (χ3n) is 7.07. The van der Waals surface area contributed by atoms with Crippen LogP contribution in [0.2, 0.25) is 0 Å². The highest BCUT2D eigenvalue weighted by Gasteiger charge is 2.34. The van der Waals surface area contributed by atoms with Crippen molar-refractivity contribution >= 4 is 10.8 Å². The van der Waals surface area contributed by atoms with Crippen molar-refractivity contribution in [1.29, 1.82) is 0 Å². The molecule has 2 heteroatoms. The van der Waals surface area contributed by atoms with Gasteiger partial charge in [-0.05, 0) is 72.6 Å². The molecule has 5 rings (SSSR count). The molecule has 0 saturated heterocycles. The van der Waals surface area contributed by atoms with Gasteiger partial charge in [-0.3, -0.25) is 0 Å². The summed E-state index contributed by atoms with van der Waals surface area (Å²) in [5, 5.41) is 2.59. The Bertz CT molecular complexity index is 1160. The number of pyridine rings is 1. The van der Waals surface area contributed by atoms with Crippen molar-refractivity contribution in [3.05, 3.63) is 52.7 Å². The fourth-order valence-electron chi connectivity index (χ4n) is 5.60. The van der Waals surface area contributed by atoms with Crippen LogP contribution in [-0.4, -0.2) is 0 Å². The van der Waals surface area contributed by atoms with Crippen LogP contribution >= 0.6 is 0 Å². The molecule has 30 heavy (non-hydrogen) atoms. The van der Waals surface area contributed by atoms with Gasteiger partial charge in [-0.15, -0.1) is 0 Å². The molecule has 2 aromatic carbocycles. The van der Waals surface area contributed by atoms with Crippen molar-refractivity contribution in [2.75, 3.05) is 0 Å². The zero-order valence-corrected chi connectivity index (χ0v) is 19.4. The average molecular weight is 401 g/mol. The lowest BCUT2D eigenvalue weighted by Gasteiger charge is -2.26. The maximum atomic E-state index is 6.80. The second-order valence-corrected chi connectivity index (χ2v) is 10.8. The normalized spacial score (nSPS) is 16.1. The molecular weight excluding hydrogens is 366 g/mol. The molecule has 2 nitrogen and oxygen atoms in total. The van der Waals surface area contributed by atoms with Gasteiger partial charge >= 0.3 is 0 Å². The SMILES string of the molecule is Cc1cc2cc(CC(C)(C)C)cc3c2c(c1C)-c1c(c(C2CCCC2)cc[n+]1C)O3. The lowest BCUT2D eigenvalue weighted by atomic mass is 9.84. The summed E-state index contributed by atoms with van der Waals surface area (Å²) in [6.45, 7) is 11.4. The van der Waals surface area contributed by atoms with Crippen molar-refractivity contribution in [3.63, 3.8) is 0 Å². The second kappa shape index (κ2) is 6.83. The third-order valence-corrected chi connectivity index (χ3v) is 7.07. The van der Waals surface area contributed by atoms with E-state index in [0.29, 0.717) is 5.92 Å². The van der Waals surface area contributed by atoms with Crippen LogP contribution in [0, 0.1) is 19.3 Å². The van der Waals surface area contributed by atoms with Crippen LogP contribution in [-0.2, 0) is 13.5 Å². The Labute approximate surface area is 180 Å². The van der Waals surface area contributed by atoms with E-state index < -0.39 is 0 Å². The summed E-state index contributed by atoms with van der Waals surface area (Å²) in [5.41, 5.74) is 8.36. The van der Waals surface area contributed by atoms with Gasteiger partial charge in [-0.25, -0.2) is 0 Å². The minimum absolute atomic E-state index is 0.247. The smallest absolute Gasteiger partial charge is 0.256 e. The molecule has 0 atom stereocenters. The summed E-state index contributed by atoms with van der Waals surface area (Å²) in [4.78, 5) is 0. The maximum absolute atomic E-state index is 6.80. The Morgan fingerprint density at radius 2 is 1.80 bits per heavy atom. The van der Waals surface area contributed by atoms with Gasteiger partial charge in [-0.1, -0.05) is 45.7 Å². The Morgan fingerprint density at radius 1 is 1.07 bits per heavy atom. The molecule has 0 spiro atoms. The van der Waals surface area contributed by atoms with E-state index in [-0.39, 0.29) is 5.41 Å². The summed E-state index contributed by atoms with van der Waals surface area (Å²) < 4.78 is 9.07. The first kappa shape index (κ1) is 19.6. The molecule has 1 aromatic heterocycles. The Morgan fingerprint density at radius 3 is 2.50 bits per heavy atom. The molecule has 0 N–H and O–H groups in total. The van der Waals surface area contributed by atoms with Crippen LogP contribution in [0.25, 0.3) is 22.0 Å². The van der Waals surface area contributed by atoms with E-state index in [1.807, 2.05) is 0 Å². The van der Waals surface area contributed by atoms with Gasteiger partial charge in [-0.2, -0.15) is 4.57 Å². The number of nitrogens with zero attached hydrogens (tertiary/aromatic N) is 1. The van der Waals surface area contributed by atoms with Crippen LogP contribution < -0.4 is 9.30 Å². The summed E-state index contributed by atoms with van der Waals surface area (Å²) in [5.74, 6) is 2.77. The van der Waals surface area contributed by atoms with Crippen LogP contribution in [0.4, 0.5) is 0 Å². The van der Waals surface area contributed by atoms with Crippen LogP contribution in [0.15, 0.2) is 30.5 Å². The number of ether oxygens (including phenoxy) is 1. The zero-order chi connectivity index (χ0) is 21.2. The van der Waals surface area contributed by atoms with E-state index in [0.717, 1.165) is 17.9 Å². The Kier molecular flexibility index (Phi) is 4.47. The van der Waals surface area contributed by atoms with E-state index >= 15 is 0 Å². The van der Waals surface area contributed by atoms with Crippen molar-refractivity contribution < 1.29 is 9.30 Å². The lowest BCUT2D eigenvalue weighted by molar-refractivity contribution is -0.660. The number of hydrogen-bond donors (Lipinski definition) is 0. The fraction of sp³-hybridized carbons (Fsp3) is 0.464. The largest absolute Gasteiger partial charge is 0.449 e. The number of aromatic nitrogens is 1. The number of benzene rings is 2. The van der Waals surface area contributed by atoms with E-state index in [1.165, 1.54) is 70.0 Å². The minimum Gasteiger partial charge on any atom is -0.449 e. The quantitative estimate of drug-likeness (QED) is 0.322. The second-order valence-electron chi connectivity index (χ2n) is 10.8. The molecule has 156 valence electrons. The van der Waals surface area contributed by atoms with Gasteiger partial charge in [0.25, 0.3) is 5.69 Å². The van der Waals surface area contributed by atoms with Gasteiger partial charge in [0.05, 0.1) is 5.56 Å². The molecule has 1 fully saturated rings. The first-order valence-electron chi connectivity index (χ1n) is 11.5. The van der Waals surface area contributed by atoms with Crippen LogP contribution in [0.5, 0.6) is 11.5 Å². The molecule has 2 aliphatic rings.